The second kappa shape index (κ2) is 11.3. The first kappa shape index (κ1) is 25.5. The van der Waals surface area contributed by atoms with E-state index in [1.54, 1.807) is 6.07 Å². The molecule has 0 spiro atoms. The van der Waals surface area contributed by atoms with Gasteiger partial charge in [-0.05, 0) is 61.3 Å². The van der Waals surface area contributed by atoms with Gasteiger partial charge in [0, 0.05) is 12.1 Å². The summed E-state index contributed by atoms with van der Waals surface area (Å²) in [5.41, 5.74) is 7.96. The zero-order valence-electron chi connectivity index (χ0n) is 20.0. The highest BCUT2D eigenvalue weighted by Crippen LogP contribution is 2.37. The van der Waals surface area contributed by atoms with E-state index in [2.05, 4.69) is 34.1 Å². The molecule has 182 valence electrons. The Hall–Kier alpha value is -2.16. The highest BCUT2D eigenvalue weighted by atomic mass is 32.2. The second-order valence-corrected chi connectivity index (χ2v) is 11.5. The quantitative estimate of drug-likeness (QED) is 0.379. The number of rotatable bonds is 14. The van der Waals surface area contributed by atoms with E-state index in [-0.39, 0.29) is 5.75 Å². The molecule has 1 aliphatic rings. The third-order valence-electron chi connectivity index (χ3n) is 5.88. The normalized spacial score (nSPS) is 19.6. The van der Waals surface area contributed by atoms with Crippen LogP contribution in [-0.4, -0.2) is 37.8 Å². The maximum atomic E-state index is 12.4. The Kier molecular flexibility index (Phi) is 8.73. The van der Waals surface area contributed by atoms with Gasteiger partial charge in [-0.1, -0.05) is 50.6 Å². The number of nitrogens with two attached hydrogens (primary N) is 1. The number of pyridine rings is 1. The van der Waals surface area contributed by atoms with Gasteiger partial charge in [-0.15, -0.1) is 0 Å². The van der Waals surface area contributed by atoms with Crippen molar-refractivity contribution in [3.8, 4) is 0 Å². The van der Waals surface area contributed by atoms with Crippen LogP contribution < -0.4 is 15.8 Å². The fourth-order valence-corrected chi connectivity index (χ4v) is 4.99. The number of ether oxygens (including phenoxy) is 1. The molecular formula is C25H38N4O3S. The Morgan fingerprint density at radius 1 is 1.18 bits per heavy atom. The molecule has 1 fully saturated rings. The zero-order chi connectivity index (χ0) is 23.9. The average molecular weight is 475 g/mol. The Bertz CT molecular complexity index is 996. The number of sulfonamides is 1. The number of hydrogen-bond acceptors (Lipinski definition) is 6. The van der Waals surface area contributed by atoms with Crippen molar-refractivity contribution < 1.29 is 13.2 Å². The van der Waals surface area contributed by atoms with Gasteiger partial charge >= 0.3 is 0 Å². The van der Waals surface area contributed by atoms with Gasteiger partial charge in [0.2, 0.25) is 10.0 Å². The Morgan fingerprint density at radius 2 is 1.88 bits per heavy atom. The van der Waals surface area contributed by atoms with Crippen LogP contribution in [0.1, 0.15) is 51.2 Å². The van der Waals surface area contributed by atoms with Crippen molar-refractivity contribution in [2.75, 3.05) is 28.9 Å². The van der Waals surface area contributed by atoms with Gasteiger partial charge in [-0.25, -0.2) is 13.4 Å². The molecule has 3 atom stereocenters. The van der Waals surface area contributed by atoms with Gasteiger partial charge in [0.1, 0.15) is 11.6 Å². The third kappa shape index (κ3) is 8.95. The molecular weight excluding hydrogens is 436 g/mol. The standard InChI is InChI=1S/C25H38N4O3S/c1-4-5-11-33(30,31)29-24-14-21(13-23(28-24)27-16-22-12-19(22)2)17-32-18-25(3,26)15-20-9-7-6-8-10-20/h6-10,13-14,19,22H,4-5,11-12,15-18,26H2,1-3H3,(H2,27,28,29). The smallest absolute Gasteiger partial charge is 0.233 e. The molecule has 8 heteroatoms. The average Bonchev–Trinajstić information content (AvgIpc) is 3.46. The molecule has 3 rings (SSSR count). The van der Waals surface area contributed by atoms with Crippen molar-refractivity contribution in [2.45, 2.75) is 58.6 Å². The number of benzene rings is 1. The summed E-state index contributed by atoms with van der Waals surface area (Å²) in [7, 11) is -3.44. The lowest BCUT2D eigenvalue weighted by atomic mass is 9.95. The van der Waals surface area contributed by atoms with Gasteiger partial charge in [0.05, 0.1) is 19.0 Å². The van der Waals surface area contributed by atoms with Gasteiger partial charge in [-0.2, -0.15) is 0 Å². The Labute approximate surface area is 198 Å². The monoisotopic (exact) mass is 474 g/mol. The molecule has 1 saturated carbocycles. The molecule has 0 bridgehead atoms. The maximum absolute atomic E-state index is 12.4. The molecule has 3 unspecified atom stereocenters. The summed E-state index contributed by atoms with van der Waals surface area (Å²) < 4.78 is 33.4. The van der Waals surface area contributed by atoms with E-state index in [0.29, 0.717) is 43.6 Å². The van der Waals surface area contributed by atoms with Gasteiger partial charge in [0.25, 0.3) is 0 Å². The molecule has 1 aromatic carbocycles. The largest absolute Gasteiger partial charge is 0.375 e. The molecule has 0 amide bonds. The minimum Gasteiger partial charge on any atom is -0.375 e. The number of nitrogens with one attached hydrogen (secondary N) is 2. The SMILES string of the molecule is CCCCS(=O)(=O)Nc1cc(COCC(C)(N)Cc2ccccc2)cc(NCC2CC2C)n1. The van der Waals surface area contributed by atoms with Crippen LogP contribution in [0.15, 0.2) is 42.5 Å². The molecule has 33 heavy (non-hydrogen) atoms. The highest BCUT2D eigenvalue weighted by molar-refractivity contribution is 7.92. The van der Waals surface area contributed by atoms with E-state index >= 15 is 0 Å². The fraction of sp³-hybridized carbons (Fsp3) is 0.560. The predicted octanol–water partition coefficient (Wildman–Crippen LogP) is 4.17. The first-order chi connectivity index (χ1) is 15.7. The molecule has 1 aromatic heterocycles. The second-order valence-electron chi connectivity index (χ2n) is 9.68. The molecule has 2 aromatic rings. The van der Waals surface area contributed by atoms with E-state index in [0.717, 1.165) is 24.4 Å². The van der Waals surface area contributed by atoms with Crippen LogP contribution in [0.3, 0.4) is 0 Å². The lowest BCUT2D eigenvalue weighted by molar-refractivity contribution is 0.0791. The summed E-state index contributed by atoms with van der Waals surface area (Å²) in [6.45, 7) is 7.71. The minimum absolute atomic E-state index is 0.0826. The molecule has 1 aliphatic carbocycles. The number of anilines is 2. The summed E-state index contributed by atoms with van der Waals surface area (Å²) in [6, 6.07) is 13.8. The lowest BCUT2D eigenvalue weighted by Crippen LogP contribution is -2.43. The van der Waals surface area contributed by atoms with Gasteiger partial charge in [0.15, 0.2) is 0 Å². The number of hydrogen-bond donors (Lipinski definition) is 3. The number of nitrogens with zero attached hydrogens (tertiary/aromatic N) is 1. The van der Waals surface area contributed by atoms with Crippen LogP contribution in [0.25, 0.3) is 0 Å². The first-order valence-corrected chi connectivity index (χ1v) is 13.5. The fourth-order valence-electron chi connectivity index (χ4n) is 3.79. The number of unbranched alkanes of at least 4 members (excludes halogenated alkanes) is 1. The first-order valence-electron chi connectivity index (χ1n) is 11.8. The van der Waals surface area contributed by atoms with Crippen LogP contribution in [0.2, 0.25) is 0 Å². The van der Waals surface area contributed by atoms with Crippen molar-refractivity contribution in [1.82, 2.24) is 4.98 Å². The molecule has 1 heterocycles. The van der Waals surface area contributed by atoms with Crippen LogP contribution in [0, 0.1) is 11.8 Å². The van der Waals surface area contributed by atoms with E-state index < -0.39 is 15.6 Å². The zero-order valence-corrected chi connectivity index (χ0v) is 20.8. The topological polar surface area (TPSA) is 106 Å². The minimum atomic E-state index is -3.44. The van der Waals surface area contributed by atoms with E-state index in [9.17, 15) is 8.42 Å². The third-order valence-corrected chi connectivity index (χ3v) is 7.23. The van der Waals surface area contributed by atoms with Crippen LogP contribution in [0.4, 0.5) is 11.6 Å². The lowest BCUT2D eigenvalue weighted by Gasteiger charge is -2.24. The summed E-state index contributed by atoms with van der Waals surface area (Å²) in [6.07, 6.45) is 3.34. The molecule has 0 saturated heterocycles. The molecule has 0 aliphatic heterocycles. The summed E-state index contributed by atoms with van der Waals surface area (Å²) >= 11 is 0. The van der Waals surface area contributed by atoms with E-state index in [1.807, 2.05) is 38.1 Å². The molecule has 0 radical (unpaired) electrons. The summed E-state index contributed by atoms with van der Waals surface area (Å²) in [5, 5.41) is 3.36. The van der Waals surface area contributed by atoms with Crippen molar-refractivity contribution in [1.29, 1.82) is 0 Å². The van der Waals surface area contributed by atoms with Gasteiger partial charge in [-0.3, -0.25) is 4.72 Å². The van der Waals surface area contributed by atoms with E-state index in [1.165, 1.54) is 12.0 Å². The Balaban J connectivity index is 1.64. The van der Waals surface area contributed by atoms with Gasteiger partial charge < -0.3 is 15.8 Å². The van der Waals surface area contributed by atoms with Crippen LogP contribution in [-0.2, 0) is 27.8 Å². The predicted molar refractivity (Wildman–Crippen MR) is 135 cm³/mol. The van der Waals surface area contributed by atoms with Crippen molar-refractivity contribution in [2.24, 2.45) is 17.6 Å². The molecule has 4 N–H and O–H groups in total. The van der Waals surface area contributed by atoms with Crippen molar-refractivity contribution in [3.05, 3.63) is 53.6 Å². The van der Waals surface area contributed by atoms with Crippen molar-refractivity contribution in [3.63, 3.8) is 0 Å². The van der Waals surface area contributed by atoms with E-state index in [4.69, 9.17) is 10.5 Å². The van der Waals surface area contributed by atoms with Crippen LogP contribution >= 0.6 is 0 Å². The maximum Gasteiger partial charge on any atom is 0.233 e. The summed E-state index contributed by atoms with van der Waals surface area (Å²) in [5.74, 6) is 2.43. The molecule has 7 nitrogen and oxygen atoms in total. The van der Waals surface area contributed by atoms with Crippen LogP contribution in [0.5, 0.6) is 0 Å². The van der Waals surface area contributed by atoms with Crippen molar-refractivity contribution >= 4 is 21.7 Å². The number of aromatic nitrogens is 1. The summed E-state index contributed by atoms with van der Waals surface area (Å²) in [4.78, 5) is 4.48. The Morgan fingerprint density at radius 3 is 2.55 bits per heavy atom. The highest BCUT2D eigenvalue weighted by Gasteiger charge is 2.32.